The van der Waals surface area contributed by atoms with Gasteiger partial charge in [-0.2, -0.15) is 5.10 Å². The van der Waals surface area contributed by atoms with Gasteiger partial charge in [0.25, 0.3) is 5.92 Å². The average molecular weight is 557 g/mol. The Labute approximate surface area is 221 Å². The predicted molar refractivity (Wildman–Crippen MR) is 140 cm³/mol. The van der Waals surface area contributed by atoms with Gasteiger partial charge in [0.05, 0.1) is 16.2 Å². The molecule has 0 unspecified atom stereocenters. The van der Waals surface area contributed by atoms with E-state index >= 15 is 0 Å². The van der Waals surface area contributed by atoms with Gasteiger partial charge in [-0.15, -0.1) is 4.72 Å². The molecular weight excluding hydrogens is 529 g/mol. The van der Waals surface area contributed by atoms with Crippen LogP contribution in [0.4, 0.5) is 14.6 Å². The van der Waals surface area contributed by atoms with Crippen LogP contribution in [0.2, 0.25) is 10.0 Å². The van der Waals surface area contributed by atoms with E-state index in [2.05, 4.69) is 24.8 Å². The van der Waals surface area contributed by atoms with E-state index in [0.29, 0.717) is 70.6 Å². The molecule has 3 heterocycles. The molecule has 2 atom stereocenters. The number of hydrogen-bond acceptors (Lipinski definition) is 6. The third-order valence-electron chi connectivity index (χ3n) is 7.32. The van der Waals surface area contributed by atoms with Crippen LogP contribution in [0, 0.1) is 5.41 Å². The number of nitrogens with zero attached hydrogens (tertiary/aromatic N) is 4. The number of hydrogen-bond donors (Lipinski definition) is 2. The van der Waals surface area contributed by atoms with Crippen molar-refractivity contribution in [3.63, 3.8) is 0 Å². The van der Waals surface area contributed by atoms with Gasteiger partial charge in [-0.05, 0) is 51.5 Å². The minimum absolute atomic E-state index is 0.194. The lowest BCUT2D eigenvalue weighted by Gasteiger charge is -2.44. The molecule has 194 valence electrons. The molecule has 1 spiro atoms. The molecule has 1 saturated carbocycles. The number of piperidine rings is 1. The maximum atomic E-state index is 14.9. The van der Waals surface area contributed by atoms with Crippen molar-refractivity contribution in [1.82, 2.24) is 24.9 Å². The van der Waals surface area contributed by atoms with Crippen molar-refractivity contribution in [3.8, 4) is 11.3 Å². The summed E-state index contributed by atoms with van der Waals surface area (Å²) in [6.07, 6.45) is 2.98. The fourth-order valence-electron chi connectivity index (χ4n) is 5.19. The summed E-state index contributed by atoms with van der Waals surface area (Å²) in [5.74, 6) is -2.24. The fraction of sp³-hybridized carbons (Fsp3) is 0.542. The van der Waals surface area contributed by atoms with Crippen LogP contribution < -0.4 is 9.62 Å². The van der Waals surface area contributed by atoms with E-state index in [1.807, 2.05) is 6.07 Å². The maximum Gasteiger partial charge on any atom is 0.268 e. The Morgan fingerprint density at radius 2 is 1.89 bits per heavy atom. The predicted octanol–water partition coefficient (Wildman–Crippen LogP) is 5.76. The molecule has 2 aromatic heterocycles. The molecule has 1 saturated heterocycles. The van der Waals surface area contributed by atoms with E-state index in [-0.39, 0.29) is 6.42 Å². The Hall–Kier alpha value is -1.72. The Bertz CT molecular complexity index is 1280. The SMILES string of the molecule is CC(C)(C)[S@@+]([O-])N[C@H]1C(F)(F)CCC12CCN(c1cnc3c(-c4cccc(Cl)c4Cl)n[nH]c3n1)CC2. The summed E-state index contributed by atoms with van der Waals surface area (Å²) in [5, 5.41) is 8.09. The molecule has 36 heavy (non-hydrogen) atoms. The van der Waals surface area contributed by atoms with Crippen molar-refractivity contribution in [1.29, 1.82) is 0 Å². The average Bonchev–Trinajstić information content (AvgIpc) is 3.35. The molecule has 0 bridgehead atoms. The molecule has 0 amide bonds. The van der Waals surface area contributed by atoms with Crippen molar-refractivity contribution < 1.29 is 13.3 Å². The minimum Gasteiger partial charge on any atom is -0.598 e. The van der Waals surface area contributed by atoms with Gasteiger partial charge >= 0.3 is 0 Å². The molecule has 1 aliphatic carbocycles. The normalized spacial score (nSPS) is 22.4. The highest BCUT2D eigenvalue weighted by Crippen LogP contribution is 2.53. The maximum absolute atomic E-state index is 14.9. The number of halogens is 4. The second-order valence-corrected chi connectivity index (χ2v) is 13.4. The number of H-pyrrole nitrogens is 1. The molecular formula is C24H28Cl2F2N6OS. The molecule has 12 heteroatoms. The fourth-order valence-corrected chi connectivity index (χ4v) is 6.57. The summed E-state index contributed by atoms with van der Waals surface area (Å²) in [7, 11) is 0. The first-order chi connectivity index (χ1) is 16.9. The molecule has 1 aromatic carbocycles. The van der Waals surface area contributed by atoms with Crippen molar-refractivity contribution in [2.45, 2.75) is 63.2 Å². The zero-order valence-corrected chi connectivity index (χ0v) is 22.6. The largest absolute Gasteiger partial charge is 0.598 e. The van der Waals surface area contributed by atoms with E-state index in [9.17, 15) is 13.3 Å². The lowest BCUT2D eigenvalue weighted by Crippen LogP contribution is -2.58. The summed E-state index contributed by atoms with van der Waals surface area (Å²) < 4.78 is 44.7. The van der Waals surface area contributed by atoms with Gasteiger partial charge in [-0.25, -0.2) is 18.7 Å². The van der Waals surface area contributed by atoms with Crippen LogP contribution in [0.15, 0.2) is 24.4 Å². The highest BCUT2D eigenvalue weighted by atomic mass is 35.5. The van der Waals surface area contributed by atoms with Gasteiger partial charge in [0, 0.05) is 36.4 Å². The first-order valence-corrected chi connectivity index (χ1v) is 13.8. The molecule has 5 rings (SSSR count). The molecule has 1 aliphatic heterocycles. The summed E-state index contributed by atoms with van der Waals surface area (Å²) in [6, 6.07) is 4.20. The number of aromatic nitrogens is 4. The lowest BCUT2D eigenvalue weighted by atomic mass is 9.74. The van der Waals surface area contributed by atoms with E-state index in [4.69, 9.17) is 28.2 Å². The first-order valence-electron chi connectivity index (χ1n) is 11.9. The van der Waals surface area contributed by atoms with Crippen molar-refractivity contribution in [3.05, 3.63) is 34.4 Å². The molecule has 2 N–H and O–H groups in total. The van der Waals surface area contributed by atoms with Gasteiger partial charge in [-0.3, -0.25) is 5.10 Å². The quantitative estimate of drug-likeness (QED) is 0.396. The Kier molecular flexibility index (Phi) is 6.65. The summed E-state index contributed by atoms with van der Waals surface area (Å²) in [4.78, 5) is 11.3. The molecule has 7 nitrogen and oxygen atoms in total. The topological polar surface area (TPSA) is 92.8 Å². The zero-order valence-electron chi connectivity index (χ0n) is 20.2. The van der Waals surface area contributed by atoms with Crippen molar-refractivity contribution in [2.75, 3.05) is 18.0 Å². The van der Waals surface area contributed by atoms with E-state index in [1.54, 1.807) is 39.1 Å². The second-order valence-electron chi connectivity index (χ2n) is 10.6. The monoisotopic (exact) mass is 556 g/mol. The Morgan fingerprint density at radius 1 is 1.17 bits per heavy atom. The van der Waals surface area contributed by atoms with Gasteiger partial charge in [0.2, 0.25) is 0 Å². The minimum atomic E-state index is -2.89. The van der Waals surface area contributed by atoms with Gasteiger partial charge < -0.3 is 9.45 Å². The molecule has 3 aromatic rings. The van der Waals surface area contributed by atoms with E-state index < -0.39 is 33.5 Å². The van der Waals surface area contributed by atoms with Gasteiger partial charge in [0.15, 0.2) is 5.65 Å². The van der Waals surface area contributed by atoms with Crippen LogP contribution in [0.25, 0.3) is 22.4 Å². The standard InChI is InChI=1S/C24H28Cl2F2N6OS/c1-22(2,3)36(35)33-21-23(7-8-24(21,27)28)9-11-34(12-10-23)16-13-29-19-18(31-32-20(19)30-16)14-5-4-6-15(25)17(14)26/h4-6,13,21,33H,7-12H2,1-3H3,(H,30,31,32)/t21-,36-/m1/s1. The smallest absolute Gasteiger partial charge is 0.268 e. The molecule has 0 radical (unpaired) electrons. The number of anilines is 1. The number of nitrogens with one attached hydrogen (secondary N) is 2. The Morgan fingerprint density at radius 3 is 2.58 bits per heavy atom. The number of benzene rings is 1. The lowest BCUT2D eigenvalue weighted by molar-refractivity contribution is -0.0344. The second kappa shape index (κ2) is 9.23. The summed E-state index contributed by atoms with van der Waals surface area (Å²) in [5.41, 5.74) is 1.68. The number of rotatable bonds is 4. The van der Waals surface area contributed by atoms with Crippen LogP contribution in [0.1, 0.15) is 46.5 Å². The van der Waals surface area contributed by atoms with Crippen LogP contribution in [-0.2, 0) is 11.4 Å². The number of alkyl halides is 2. The van der Waals surface area contributed by atoms with Gasteiger partial charge in [0.1, 0.15) is 27.8 Å². The Balaban J connectivity index is 1.35. The third kappa shape index (κ3) is 4.55. The highest BCUT2D eigenvalue weighted by Gasteiger charge is 2.61. The van der Waals surface area contributed by atoms with E-state index in [1.165, 1.54) is 0 Å². The zero-order chi connectivity index (χ0) is 25.9. The van der Waals surface area contributed by atoms with Gasteiger partial charge in [-0.1, -0.05) is 35.3 Å². The number of fused-ring (bicyclic) bond motifs is 1. The first kappa shape index (κ1) is 25.9. The summed E-state index contributed by atoms with van der Waals surface area (Å²) >= 11 is 10.9. The highest BCUT2D eigenvalue weighted by molar-refractivity contribution is 7.90. The van der Waals surface area contributed by atoms with Crippen LogP contribution in [0.5, 0.6) is 0 Å². The molecule has 2 aliphatic rings. The third-order valence-corrected chi connectivity index (χ3v) is 9.70. The van der Waals surface area contributed by atoms with E-state index in [0.717, 1.165) is 0 Å². The number of aromatic amines is 1. The van der Waals surface area contributed by atoms with Crippen molar-refractivity contribution >= 4 is 51.5 Å². The van der Waals surface area contributed by atoms with Crippen molar-refractivity contribution in [2.24, 2.45) is 5.41 Å². The molecule has 2 fully saturated rings. The van der Waals surface area contributed by atoms with Crippen LogP contribution in [0.3, 0.4) is 0 Å². The van der Waals surface area contributed by atoms with Crippen LogP contribution >= 0.6 is 23.2 Å². The van der Waals surface area contributed by atoms with Crippen LogP contribution in [-0.4, -0.2) is 54.5 Å². The summed E-state index contributed by atoms with van der Waals surface area (Å²) in [6.45, 7) is 6.47.